The molecule has 300 valence electrons. The third kappa shape index (κ3) is 27.5. The fraction of sp³-hybridized carbons (Fsp3) is 0.838. The summed E-state index contributed by atoms with van der Waals surface area (Å²) in [5, 5.41) is 19.3. The number of anilines is 2. The molecule has 0 saturated heterocycles. The van der Waals surface area contributed by atoms with E-state index in [0.29, 0.717) is 96.2 Å². The van der Waals surface area contributed by atoms with Gasteiger partial charge in [-0.2, -0.15) is 0 Å². The Hall–Kier alpha value is -1.75. The summed E-state index contributed by atoms with van der Waals surface area (Å²) in [7, 11) is -3.56. The molecule has 1 aromatic rings. The van der Waals surface area contributed by atoms with Crippen molar-refractivity contribution in [2.75, 3.05) is 108 Å². The summed E-state index contributed by atoms with van der Waals surface area (Å²) in [5.74, 6) is 0.480. The van der Waals surface area contributed by atoms with Gasteiger partial charge in [0.25, 0.3) is 0 Å². The predicted octanol–water partition coefficient (Wildman–Crippen LogP) is 5.72. The summed E-state index contributed by atoms with van der Waals surface area (Å²) in [6.45, 7) is 10.9. The van der Waals surface area contributed by atoms with Crippen LogP contribution in [0.2, 0.25) is 0 Å². The van der Waals surface area contributed by atoms with Crippen LogP contribution in [0.3, 0.4) is 0 Å². The van der Waals surface area contributed by atoms with Crippen molar-refractivity contribution in [2.24, 2.45) is 0 Å². The number of aliphatic hydroxyl groups is 2. The molecule has 0 atom stereocenters. The van der Waals surface area contributed by atoms with Crippen LogP contribution in [0.5, 0.6) is 5.75 Å². The van der Waals surface area contributed by atoms with Crippen molar-refractivity contribution in [1.29, 1.82) is 0 Å². The lowest BCUT2D eigenvalue weighted by atomic mass is 10.1. The monoisotopic (exact) mass is 750 g/mol. The molecule has 1 rings (SSSR count). The van der Waals surface area contributed by atoms with Crippen molar-refractivity contribution in [3.8, 4) is 5.75 Å². The zero-order chi connectivity index (χ0) is 37.3. The lowest BCUT2D eigenvalue weighted by Crippen LogP contribution is -2.30. The molecule has 0 bridgehead atoms. The second-order valence-corrected chi connectivity index (χ2v) is 14.4. The Morgan fingerprint density at radius 3 is 1.75 bits per heavy atom. The van der Waals surface area contributed by atoms with Gasteiger partial charge in [0.15, 0.2) is 0 Å². The van der Waals surface area contributed by atoms with Crippen LogP contribution in [0.1, 0.15) is 97.8 Å². The van der Waals surface area contributed by atoms with Crippen LogP contribution in [0.4, 0.5) is 11.4 Å². The minimum Gasteiger partial charge on any atom is -0.489 e. The van der Waals surface area contributed by atoms with Crippen molar-refractivity contribution in [3.63, 3.8) is 0 Å². The summed E-state index contributed by atoms with van der Waals surface area (Å²) in [4.78, 5) is 6.10. The number of hydrogen-bond acceptors (Lipinski definition) is 12. The van der Waals surface area contributed by atoms with Crippen molar-refractivity contribution in [3.05, 3.63) is 18.2 Å². The maximum atomic E-state index is 13.0. The Morgan fingerprint density at radius 2 is 1.16 bits per heavy atom. The molecule has 3 N–H and O–H groups in total. The number of ether oxygens (including phenoxy) is 6. The maximum absolute atomic E-state index is 13.0. The number of sulfonamides is 1. The van der Waals surface area contributed by atoms with Gasteiger partial charge in [0, 0.05) is 19.3 Å². The van der Waals surface area contributed by atoms with Crippen molar-refractivity contribution < 1.29 is 51.9 Å². The molecule has 0 aliphatic heterocycles. The van der Waals surface area contributed by atoms with Crippen molar-refractivity contribution in [2.45, 2.75) is 104 Å². The van der Waals surface area contributed by atoms with Crippen LogP contribution in [0.25, 0.3) is 0 Å². The van der Waals surface area contributed by atoms with Crippen molar-refractivity contribution in [1.82, 2.24) is 0 Å². The minimum atomic E-state index is -3.56. The lowest BCUT2D eigenvalue weighted by molar-refractivity contribution is 0.000492. The maximum Gasteiger partial charge on any atom is 0.232 e. The molecule has 0 aromatic heterocycles. The Labute approximate surface area is 308 Å². The molecule has 51 heavy (non-hydrogen) atoms. The molecule has 0 aliphatic rings. The highest BCUT2D eigenvalue weighted by molar-refractivity contribution is 7.92. The van der Waals surface area contributed by atoms with E-state index in [0.717, 1.165) is 32.1 Å². The number of unbranched alkanes of at least 4 members (excludes halogenated alkanes) is 10. The number of hydrogen-bond donors (Lipinski definition) is 3. The van der Waals surface area contributed by atoms with Gasteiger partial charge in [-0.3, -0.25) is 14.6 Å². The van der Waals surface area contributed by atoms with Gasteiger partial charge in [0.2, 0.25) is 10.0 Å². The van der Waals surface area contributed by atoms with Crippen LogP contribution in [-0.4, -0.2) is 123 Å². The third-order valence-corrected chi connectivity index (χ3v) is 8.96. The molecule has 13 nitrogen and oxygen atoms in total. The standard InChI is InChI=1S/C37H70N2O11S/c1-4-5-6-7-8-9-10-11-12-15-32-51(42,43)38-36-17-16-35(33-37(36)50-34(2)3)39(18-23-46-26-28-48-29-27-47-25-20-41)49-31-30-45-22-14-13-21-44-24-19-40/h16-17,33-34,38,40-41H,4-15,18-32H2,1-3H3. The van der Waals surface area contributed by atoms with Crippen LogP contribution < -0.4 is 14.5 Å². The van der Waals surface area contributed by atoms with E-state index in [1.165, 1.54) is 38.5 Å². The highest BCUT2D eigenvalue weighted by Gasteiger charge is 2.18. The van der Waals surface area contributed by atoms with E-state index >= 15 is 0 Å². The van der Waals surface area contributed by atoms with Gasteiger partial charge in [-0.15, -0.1) is 0 Å². The number of benzene rings is 1. The van der Waals surface area contributed by atoms with Crippen LogP contribution in [0.15, 0.2) is 18.2 Å². The fourth-order valence-corrected chi connectivity index (χ4v) is 6.20. The quantitative estimate of drug-likeness (QED) is 0.0560. The Kier molecular flexibility index (Phi) is 30.5. The molecule has 0 saturated carbocycles. The van der Waals surface area contributed by atoms with E-state index in [1.807, 2.05) is 13.8 Å². The zero-order valence-corrected chi connectivity index (χ0v) is 32.6. The molecule has 0 fully saturated rings. The first-order valence-electron chi connectivity index (χ1n) is 19.1. The first-order valence-corrected chi connectivity index (χ1v) is 20.8. The van der Waals surface area contributed by atoms with Gasteiger partial charge in [0.05, 0.1) is 102 Å². The van der Waals surface area contributed by atoms with E-state index in [2.05, 4.69) is 11.6 Å². The second-order valence-electron chi connectivity index (χ2n) is 12.6. The molecular formula is C37H70N2O11S. The smallest absolute Gasteiger partial charge is 0.232 e. The number of nitrogens with zero attached hydrogens (tertiary/aromatic N) is 1. The van der Waals surface area contributed by atoms with Gasteiger partial charge < -0.3 is 38.6 Å². The third-order valence-electron chi connectivity index (χ3n) is 7.60. The van der Waals surface area contributed by atoms with Crippen LogP contribution >= 0.6 is 0 Å². The largest absolute Gasteiger partial charge is 0.489 e. The average Bonchev–Trinajstić information content (AvgIpc) is 3.10. The SMILES string of the molecule is CCCCCCCCCCCCS(=O)(=O)Nc1ccc(N(CCOCCOCCOCCO)OCCOCCCCOCCO)cc1OC(C)C. The first kappa shape index (κ1) is 47.3. The molecule has 0 spiro atoms. The zero-order valence-electron chi connectivity index (χ0n) is 31.8. The molecular weight excluding hydrogens is 680 g/mol. The van der Waals surface area contributed by atoms with Gasteiger partial charge >= 0.3 is 0 Å². The Morgan fingerprint density at radius 1 is 0.647 bits per heavy atom. The Bertz CT molecular complexity index is 1010. The number of hydroxylamine groups is 1. The average molecular weight is 751 g/mol. The van der Waals surface area contributed by atoms with E-state index < -0.39 is 10.0 Å². The van der Waals surface area contributed by atoms with Crippen molar-refractivity contribution >= 4 is 21.4 Å². The van der Waals surface area contributed by atoms with E-state index in [1.54, 1.807) is 23.3 Å². The predicted molar refractivity (Wildman–Crippen MR) is 202 cm³/mol. The molecule has 0 amide bonds. The van der Waals surface area contributed by atoms with E-state index in [4.69, 9.17) is 43.5 Å². The summed E-state index contributed by atoms with van der Waals surface area (Å²) in [6.07, 6.45) is 12.9. The molecule has 0 aliphatic carbocycles. The summed E-state index contributed by atoms with van der Waals surface area (Å²) in [6, 6.07) is 5.29. The first-order chi connectivity index (χ1) is 24.8. The summed E-state index contributed by atoms with van der Waals surface area (Å²) < 4.78 is 62.4. The second kappa shape index (κ2) is 32.9. The van der Waals surface area contributed by atoms with E-state index in [-0.39, 0.29) is 31.7 Å². The number of aliphatic hydroxyl groups excluding tert-OH is 2. The molecule has 1 aromatic carbocycles. The lowest BCUT2D eigenvalue weighted by Gasteiger charge is -2.26. The van der Waals surface area contributed by atoms with Crippen LogP contribution in [0, 0.1) is 0 Å². The normalized spacial score (nSPS) is 11.8. The molecule has 14 heteroatoms. The highest BCUT2D eigenvalue weighted by Crippen LogP contribution is 2.32. The molecule has 0 heterocycles. The minimum absolute atomic E-state index is 0.0156. The van der Waals surface area contributed by atoms with Crippen LogP contribution in [-0.2, 0) is 38.5 Å². The van der Waals surface area contributed by atoms with Gasteiger partial charge in [0.1, 0.15) is 5.75 Å². The van der Waals surface area contributed by atoms with Gasteiger partial charge in [-0.25, -0.2) is 8.42 Å². The molecule has 0 unspecified atom stereocenters. The summed E-state index contributed by atoms with van der Waals surface area (Å²) >= 11 is 0. The number of rotatable bonds is 38. The molecule has 0 radical (unpaired) electrons. The van der Waals surface area contributed by atoms with Gasteiger partial charge in [-0.1, -0.05) is 64.7 Å². The highest BCUT2D eigenvalue weighted by atomic mass is 32.2. The topological polar surface area (TPSA) is 154 Å². The summed E-state index contributed by atoms with van der Waals surface area (Å²) in [5.41, 5.74) is 1.08. The fourth-order valence-electron chi connectivity index (χ4n) is 5.01. The Balaban J connectivity index is 2.73. The number of nitrogens with one attached hydrogen (secondary N) is 1. The van der Waals surface area contributed by atoms with Gasteiger partial charge in [-0.05, 0) is 45.2 Å². The van der Waals surface area contributed by atoms with E-state index in [9.17, 15) is 8.42 Å².